The second-order valence-corrected chi connectivity index (χ2v) is 5.41. The maximum absolute atomic E-state index is 11.3. The van der Waals surface area contributed by atoms with Gasteiger partial charge in [0.2, 0.25) is 5.91 Å². The minimum absolute atomic E-state index is 0.133. The summed E-state index contributed by atoms with van der Waals surface area (Å²) in [7, 11) is 0. The molecule has 1 aliphatic rings. The van der Waals surface area contributed by atoms with Gasteiger partial charge < -0.3 is 5.32 Å². The largest absolute Gasteiger partial charge is 0.324 e. The first-order chi connectivity index (χ1) is 9.69. The van der Waals surface area contributed by atoms with Crippen molar-refractivity contribution in [2.45, 2.75) is 12.8 Å². The van der Waals surface area contributed by atoms with Gasteiger partial charge in [-0.15, -0.1) is 0 Å². The Morgan fingerprint density at radius 2 is 2.15 bits per heavy atom. The molecule has 1 heterocycles. The van der Waals surface area contributed by atoms with Crippen molar-refractivity contribution in [2.24, 2.45) is 0 Å². The molecule has 20 heavy (non-hydrogen) atoms. The summed E-state index contributed by atoms with van der Waals surface area (Å²) >= 11 is 10.0. The molecule has 3 nitrogen and oxygen atoms in total. The number of halogens is 1. The molecule has 1 saturated heterocycles. The average Bonchev–Trinajstić information content (AvgIpc) is 2.95. The number of hydrogen-bond acceptors (Lipinski definition) is 3. The summed E-state index contributed by atoms with van der Waals surface area (Å²) in [6, 6.07) is 5.40. The van der Waals surface area contributed by atoms with Crippen LogP contribution in [0.4, 0.5) is 5.69 Å². The summed E-state index contributed by atoms with van der Waals surface area (Å²) in [6.45, 7) is 3.09. The van der Waals surface area contributed by atoms with E-state index in [-0.39, 0.29) is 11.7 Å². The molecule has 1 N–H and O–H groups in total. The molecule has 5 heteroatoms. The van der Waals surface area contributed by atoms with Gasteiger partial charge in [0.15, 0.2) is 0 Å². The molecule has 0 unspecified atom stereocenters. The minimum atomic E-state index is -0.178. The van der Waals surface area contributed by atoms with Gasteiger partial charge in [-0.3, -0.25) is 9.69 Å². The van der Waals surface area contributed by atoms with Crippen LogP contribution in [0, 0.1) is 11.8 Å². The smallest absolute Gasteiger partial charge is 0.234 e. The van der Waals surface area contributed by atoms with E-state index in [0.29, 0.717) is 10.7 Å². The molecule has 1 aromatic rings. The summed E-state index contributed by atoms with van der Waals surface area (Å²) in [4.78, 5) is 13.6. The van der Waals surface area contributed by atoms with Crippen LogP contribution in [0.5, 0.6) is 0 Å². The Balaban J connectivity index is 1.97. The van der Waals surface area contributed by atoms with Gasteiger partial charge in [-0.2, -0.15) is 12.6 Å². The Hall–Kier alpha value is -1.15. The van der Waals surface area contributed by atoms with Crippen molar-refractivity contribution < 1.29 is 4.79 Å². The Kier molecular flexibility index (Phi) is 5.78. The fraction of sp³-hybridized carbons (Fsp3) is 0.400. The van der Waals surface area contributed by atoms with Crippen LogP contribution in [-0.2, 0) is 4.79 Å². The normalized spacial score (nSPS) is 14.7. The van der Waals surface area contributed by atoms with Crippen LogP contribution in [0.1, 0.15) is 18.4 Å². The number of thiol groups is 1. The van der Waals surface area contributed by atoms with Crippen molar-refractivity contribution >= 4 is 35.8 Å². The predicted octanol–water partition coefficient (Wildman–Crippen LogP) is 2.66. The van der Waals surface area contributed by atoms with Gasteiger partial charge in [0, 0.05) is 5.56 Å². The van der Waals surface area contributed by atoms with Gasteiger partial charge in [0.05, 0.1) is 23.0 Å². The van der Waals surface area contributed by atoms with Crippen LogP contribution in [-0.4, -0.2) is 36.2 Å². The Morgan fingerprint density at radius 1 is 1.40 bits per heavy atom. The van der Waals surface area contributed by atoms with Crippen LogP contribution in [0.15, 0.2) is 18.2 Å². The van der Waals surface area contributed by atoms with Crippen molar-refractivity contribution in [1.82, 2.24) is 4.90 Å². The third kappa shape index (κ3) is 4.45. The number of amides is 1. The van der Waals surface area contributed by atoms with E-state index in [1.54, 1.807) is 12.1 Å². The number of anilines is 1. The Labute approximate surface area is 130 Å². The maximum Gasteiger partial charge on any atom is 0.234 e. The van der Waals surface area contributed by atoms with Gasteiger partial charge >= 0.3 is 0 Å². The quantitative estimate of drug-likeness (QED) is 0.665. The highest BCUT2D eigenvalue weighted by molar-refractivity contribution is 7.81. The summed E-state index contributed by atoms with van der Waals surface area (Å²) in [5.41, 5.74) is 1.45. The van der Waals surface area contributed by atoms with E-state index in [1.807, 2.05) is 6.07 Å². The van der Waals surface area contributed by atoms with Crippen LogP contribution in [0.25, 0.3) is 0 Å². The first-order valence-corrected chi connectivity index (χ1v) is 7.61. The van der Waals surface area contributed by atoms with E-state index >= 15 is 0 Å². The fourth-order valence-electron chi connectivity index (χ4n) is 2.08. The summed E-state index contributed by atoms with van der Waals surface area (Å²) < 4.78 is 0. The van der Waals surface area contributed by atoms with Crippen molar-refractivity contribution in [1.29, 1.82) is 0 Å². The highest BCUT2D eigenvalue weighted by atomic mass is 35.5. The number of hydrogen-bond donors (Lipinski definition) is 2. The molecule has 0 saturated carbocycles. The van der Waals surface area contributed by atoms with Gasteiger partial charge in [-0.1, -0.05) is 23.4 Å². The first kappa shape index (κ1) is 15.2. The number of nitrogens with zero attached hydrogens (tertiary/aromatic N) is 1. The molecule has 1 aliphatic heterocycles. The maximum atomic E-state index is 11.3. The molecule has 0 aliphatic carbocycles. The number of nitrogens with one attached hydrogen (secondary N) is 1. The van der Waals surface area contributed by atoms with E-state index in [0.717, 1.165) is 25.2 Å². The van der Waals surface area contributed by atoms with Gasteiger partial charge in [-0.25, -0.2) is 0 Å². The highest BCUT2D eigenvalue weighted by Gasteiger charge is 2.09. The van der Waals surface area contributed by atoms with E-state index in [2.05, 4.69) is 34.7 Å². The number of likely N-dealkylation sites (tertiary alicyclic amines) is 1. The molecular weight excluding hydrogens is 292 g/mol. The lowest BCUT2D eigenvalue weighted by molar-refractivity contribution is -0.113. The predicted molar refractivity (Wildman–Crippen MR) is 86.5 cm³/mol. The van der Waals surface area contributed by atoms with Crippen LogP contribution >= 0.6 is 24.2 Å². The molecule has 0 atom stereocenters. The molecule has 106 valence electrons. The van der Waals surface area contributed by atoms with Crippen LogP contribution in [0.3, 0.4) is 0 Å². The molecule has 1 aromatic carbocycles. The number of carbonyl (C=O) groups excluding carboxylic acids is 1. The van der Waals surface area contributed by atoms with Crippen molar-refractivity contribution in [3.63, 3.8) is 0 Å². The monoisotopic (exact) mass is 308 g/mol. The van der Waals surface area contributed by atoms with E-state index < -0.39 is 0 Å². The second-order valence-electron chi connectivity index (χ2n) is 4.69. The molecule has 0 radical (unpaired) electrons. The van der Waals surface area contributed by atoms with Crippen LogP contribution < -0.4 is 5.32 Å². The van der Waals surface area contributed by atoms with E-state index in [1.165, 1.54) is 12.8 Å². The van der Waals surface area contributed by atoms with E-state index in [4.69, 9.17) is 11.6 Å². The first-order valence-electron chi connectivity index (χ1n) is 6.60. The zero-order valence-corrected chi connectivity index (χ0v) is 12.8. The number of rotatable bonds is 3. The van der Waals surface area contributed by atoms with Gasteiger partial charge in [0.1, 0.15) is 0 Å². The Morgan fingerprint density at radius 3 is 2.80 bits per heavy atom. The molecule has 1 fully saturated rings. The van der Waals surface area contributed by atoms with Crippen molar-refractivity contribution in [2.75, 3.05) is 30.7 Å². The third-order valence-corrected chi connectivity index (χ3v) is 3.72. The lowest BCUT2D eigenvalue weighted by Crippen LogP contribution is -2.18. The average molecular weight is 309 g/mol. The zero-order valence-electron chi connectivity index (χ0n) is 11.2. The van der Waals surface area contributed by atoms with Crippen molar-refractivity contribution in [3.8, 4) is 11.8 Å². The number of carbonyl (C=O) groups is 1. The summed E-state index contributed by atoms with van der Waals surface area (Å²) in [5, 5.41) is 3.18. The molecule has 1 amide bonds. The summed E-state index contributed by atoms with van der Waals surface area (Å²) in [6.07, 6.45) is 2.54. The van der Waals surface area contributed by atoms with Crippen molar-refractivity contribution in [3.05, 3.63) is 28.8 Å². The SMILES string of the molecule is O=C(CS)Nc1ccc(C#CCN2CCCC2)cc1Cl. The van der Waals surface area contributed by atoms with Gasteiger partial charge in [-0.05, 0) is 44.1 Å². The second kappa shape index (κ2) is 7.58. The third-order valence-electron chi connectivity index (χ3n) is 3.12. The fourth-order valence-corrected chi connectivity index (χ4v) is 2.38. The minimum Gasteiger partial charge on any atom is -0.324 e. The van der Waals surface area contributed by atoms with Gasteiger partial charge in [0.25, 0.3) is 0 Å². The lowest BCUT2D eigenvalue weighted by atomic mass is 10.2. The standard InChI is InChI=1S/C15H17ClN2OS/c16-13-10-12(4-3-9-18-7-1-2-8-18)5-6-14(13)17-15(19)11-20/h5-6,10,20H,1-2,7-9,11H2,(H,17,19). The molecule has 2 rings (SSSR count). The highest BCUT2D eigenvalue weighted by Crippen LogP contribution is 2.22. The lowest BCUT2D eigenvalue weighted by Gasteiger charge is -2.08. The zero-order chi connectivity index (χ0) is 14.4. The number of benzene rings is 1. The van der Waals surface area contributed by atoms with Crippen LogP contribution in [0.2, 0.25) is 5.02 Å². The summed E-state index contributed by atoms with van der Waals surface area (Å²) in [5.74, 6) is 6.22. The van der Waals surface area contributed by atoms with E-state index in [9.17, 15) is 4.79 Å². The molecule has 0 bridgehead atoms. The Bertz CT molecular complexity index is 545. The molecule has 0 aromatic heterocycles. The molecule has 0 spiro atoms. The topological polar surface area (TPSA) is 32.3 Å². The molecular formula is C15H17ClN2OS.